The van der Waals surface area contributed by atoms with Crippen LogP contribution in [0.2, 0.25) is 10.0 Å². The van der Waals surface area contributed by atoms with E-state index in [1.807, 2.05) is 6.92 Å². The largest absolute Gasteiger partial charge is 0.492 e. The number of hydrogen-bond donors (Lipinski definition) is 1. The minimum Gasteiger partial charge on any atom is -0.492 e. The van der Waals surface area contributed by atoms with Crippen molar-refractivity contribution in [3.05, 3.63) is 60.5 Å². The Balaban J connectivity index is 2.10. The molecule has 3 rings (SSSR count). The lowest BCUT2D eigenvalue weighted by molar-refractivity contribution is -0.122. The van der Waals surface area contributed by atoms with Gasteiger partial charge in [-0.1, -0.05) is 39.1 Å². The first-order valence-electron chi connectivity index (χ1n) is 8.21. The molecule has 150 valence electrons. The van der Waals surface area contributed by atoms with Crippen LogP contribution in [0, 0.1) is 0 Å². The summed E-state index contributed by atoms with van der Waals surface area (Å²) in [6, 6.07) is 6.88. The van der Waals surface area contributed by atoms with Gasteiger partial charge in [-0.2, -0.15) is 0 Å². The molecule has 0 atom stereocenters. The molecule has 0 spiro atoms. The van der Waals surface area contributed by atoms with E-state index in [4.69, 9.17) is 27.9 Å². The monoisotopic (exact) mass is 560 g/mol. The van der Waals surface area contributed by atoms with E-state index in [2.05, 4.69) is 37.2 Å². The number of carbonyl (C=O) groups excluding carboxylic acids is 3. The van der Waals surface area contributed by atoms with Crippen LogP contribution in [0.5, 0.6) is 5.75 Å². The van der Waals surface area contributed by atoms with Crippen LogP contribution in [0.4, 0.5) is 10.5 Å². The minimum absolute atomic E-state index is 0.168. The molecule has 1 heterocycles. The maximum Gasteiger partial charge on any atom is 0.335 e. The number of benzene rings is 2. The van der Waals surface area contributed by atoms with E-state index in [0.29, 0.717) is 26.9 Å². The standard InChI is InChI=1S/C19H12Br2Cl2N2O4/c1-2-29-16-9(5-10(20)7-13(16)21)6-12-17(26)24-19(28)25(18(12)27)11-3-4-14(22)15(23)8-11/h3-8H,2H2,1H3,(H,24,26,28)/b12-6+. The summed E-state index contributed by atoms with van der Waals surface area (Å²) in [5.74, 6) is -1.15. The van der Waals surface area contributed by atoms with Crippen molar-refractivity contribution in [2.24, 2.45) is 0 Å². The fraction of sp³-hybridized carbons (Fsp3) is 0.105. The third-order valence-electron chi connectivity index (χ3n) is 3.89. The molecule has 0 bridgehead atoms. The van der Waals surface area contributed by atoms with Crippen LogP contribution in [0.25, 0.3) is 6.08 Å². The van der Waals surface area contributed by atoms with E-state index in [9.17, 15) is 14.4 Å². The Morgan fingerprint density at radius 1 is 1.10 bits per heavy atom. The number of anilines is 1. The van der Waals surface area contributed by atoms with Gasteiger partial charge in [0.2, 0.25) is 0 Å². The highest BCUT2D eigenvalue weighted by atomic mass is 79.9. The number of urea groups is 1. The molecule has 1 N–H and O–H groups in total. The third kappa shape index (κ3) is 4.50. The smallest absolute Gasteiger partial charge is 0.335 e. The molecular formula is C19H12Br2Cl2N2O4. The van der Waals surface area contributed by atoms with Gasteiger partial charge in [-0.25, -0.2) is 9.69 Å². The number of amides is 4. The predicted molar refractivity (Wildman–Crippen MR) is 118 cm³/mol. The van der Waals surface area contributed by atoms with Crippen LogP contribution in [-0.4, -0.2) is 24.5 Å². The molecule has 2 aromatic rings. The minimum atomic E-state index is -0.879. The number of carbonyl (C=O) groups is 3. The van der Waals surface area contributed by atoms with Gasteiger partial charge in [-0.3, -0.25) is 14.9 Å². The van der Waals surface area contributed by atoms with Crippen LogP contribution >= 0.6 is 55.1 Å². The summed E-state index contributed by atoms with van der Waals surface area (Å²) in [7, 11) is 0. The number of barbiturate groups is 1. The topological polar surface area (TPSA) is 75.7 Å². The number of imide groups is 2. The average Bonchev–Trinajstić information content (AvgIpc) is 2.64. The van der Waals surface area contributed by atoms with Crippen molar-refractivity contribution in [1.29, 1.82) is 0 Å². The molecule has 2 aromatic carbocycles. The molecule has 10 heteroatoms. The summed E-state index contributed by atoms with van der Waals surface area (Å²) in [5.41, 5.74) is 0.428. The van der Waals surface area contributed by atoms with Crippen LogP contribution in [0.1, 0.15) is 12.5 Å². The zero-order valence-electron chi connectivity index (χ0n) is 14.8. The Labute approximate surface area is 193 Å². The average molecular weight is 563 g/mol. The zero-order valence-corrected chi connectivity index (χ0v) is 19.4. The Bertz CT molecular complexity index is 1070. The van der Waals surface area contributed by atoms with Gasteiger partial charge < -0.3 is 4.74 Å². The van der Waals surface area contributed by atoms with Crippen LogP contribution in [0.15, 0.2) is 44.9 Å². The van der Waals surface area contributed by atoms with Gasteiger partial charge in [-0.15, -0.1) is 0 Å². The molecule has 1 saturated heterocycles. The van der Waals surface area contributed by atoms with Gasteiger partial charge in [-0.05, 0) is 59.3 Å². The third-order valence-corrected chi connectivity index (χ3v) is 5.67. The molecule has 0 radical (unpaired) electrons. The second-order valence-electron chi connectivity index (χ2n) is 5.80. The molecule has 0 aliphatic carbocycles. The van der Waals surface area contributed by atoms with Gasteiger partial charge in [0.25, 0.3) is 11.8 Å². The molecule has 0 aromatic heterocycles. The van der Waals surface area contributed by atoms with Gasteiger partial charge >= 0.3 is 6.03 Å². The number of nitrogens with one attached hydrogen (secondary N) is 1. The second-order valence-corrected chi connectivity index (χ2v) is 8.38. The van der Waals surface area contributed by atoms with Gasteiger partial charge in [0.1, 0.15) is 11.3 Å². The summed E-state index contributed by atoms with van der Waals surface area (Å²) in [6.07, 6.45) is 1.37. The van der Waals surface area contributed by atoms with Crippen LogP contribution in [-0.2, 0) is 9.59 Å². The fourth-order valence-corrected chi connectivity index (χ4v) is 4.32. The van der Waals surface area contributed by atoms with Crippen molar-refractivity contribution < 1.29 is 19.1 Å². The van der Waals surface area contributed by atoms with E-state index in [0.717, 1.165) is 4.90 Å². The van der Waals surface area contributed by atoms with E-state index in [1.165, 1.54) is 24.3 Å². The number of ether oxygens (including phenoxy) is 1. The summed E-state index contributed by atoms with van der Waals surface area (Å²) in [6.45, 7) is 2.19. The van der Waals surface area contributed by atoms with Crippen LogP contribution in [0.3, 0.4) is 0 Å². The highest BCUT2D eigenvalue weighted by Crippen LogP contribution is 2.35. The predicted octanol–water partition coefficient (Wildman–Crippen LogP) is 5.58. The molecule has 1 fully saturated rings. The van der Waals surface area contributed by atoms with E-state index in [-0.39, 0.29) is 21.3 Å². The van der Waals surface area contributed by atoms with Crippen molar-refractivity contribution in [3.8, 4) is 5.75 Å². The van der Waals surface area contributed by atoms with E-state index >= 15 is 0 Å². The number of halogens is 4. The highest BCUT2D eigenvalue weighted by molar-refractivity contribution is 9.11. The van der Waals surface area contributed by atoms with Crippen molar-refractivity contribution in [2.75, 3.05) is 11.5 Å². The first-order valence-corrected chi connectivity index (χ1v) is 10.6. The first kappa shape index (κ1) is 21.8. The molecule has 1 aliphatic heterocycles. The zero-order chi connectivity index (χ0) is 21.3. The summed E-state index contributed by atoms with van der Waals surface area (Å²) < 4.78 is 6.98. The Kier molecular flexibility index (Phi) is 6.68. The van der Waals surface area contributed by atoms with E-state index in [1.54, 1.807) is 12.1 Å². The normalized spacial score (nSPS) is 15.7. The quantitative estimate of drug-likeness (QED) is 0.390. The van der Waals surface area contributed by atoms with Crippen LogP contribution < -0.4 is 15.0 Å². The Morgan fingerprint density at radius 2 is 1.83 bits per heavy atom. The second kappa shape index (κ2) is 8.87. The van der Waals surface area contributed by atoms with Crippen molar-refractivity contribution in [1.82, 2.24) is 5.32 Å². The number of hydrogen-bond acceptors (Lipinski definition) is 4. The van der Waals surface area contributed by atoms with Gasteiger partial charge in [0.15, 0.2) is 0 Å². The summed E-state index contributed by atoms with van der Waals surface area (Å²) >= 11 is 18.7. The maximum atomic E-state index is 13.0. The lowest BCUT2D eigenvalue weighted by Gasteiger charge is -2.26. The maximum absolute atomic E-state index is 13.0. The van der Waals surface area contributed by atoms with E-state index < -0.39 is 17.8 Å². The lowest BCUT2D eigenvalue weighted by atomic mass is 10.1. The molecule has 0 unspecified atom stereocenters. The Morgan fingerprint density at radius 3 is 2.48 bits per heavy atom. The Hall–Kier alpha value is -1.87. The number of rotatable bonds is 4. The van der Waals surface area contributed by atoms with Crippen molar-refractivity contribution >= 4 is 84.7 Å². The molecule has 6 nitrogen and oxygen atoms in total. The van der Waals surface area contributed by atoms with Gasteiger partial charge in [0, 0.05) is 10.0 Å². The molecule has 0 saturated carbocycles. The lowest BCUT2D eigenvalue weighted by Crippen LogP contribution is -2.54. The summed E-state index contributed by atoms with van der Waals surface area (Å²) in [5, 5.41) is 2.60. The van der Waals surface area contributed by atoms with Gasteiger partial charge in [0.05, 0.1) is 26.8 Å². The van der Waals surface area contributed by atoms with Crippen molar-refractivity contribution in [3.63, 3.8) is 0 Å². The van der Waals surface area contributed by atoms with Crippen molar-refractivity contribution in [2.45, 2.75) is 6.92 Å². The first-order chi connectivity index (χ1) is 13.7. The summed E-state index contributed by atoms with van der Waals surface area (Å²) in [4.78, 5) is 38.6. The fourth-order valence-electron chi connectivity index (χ4n) is 2.66. The SMILES string of the molecule is CCOc1c(Br)cc(Br)cc1/C=C1\C(=O)NC(=O)N(c2ccc(Cl)c(Cl)c2)C1=O. The number of nitrogens with zero attached hydrogens (tertiary/aromatic N) is 1. The highest BCUT2D eigenvalue weighted by Gasteiger charge is 2.37. The molecule has 1 aliphatic rings. The molecule has 29 heavy (non-hydrogen) atoms. The molecule has 4 amide bonds. The molecular weight excluding hydrogens is 551 g/mol.